The van der Waals surface area contributed by atoms with Crippen LogP contribution in [0.3, 0.4) is 0 Å². The molecule has 0 aliphatic heterocycles. The summed E-state index contributed by atoms with van der Waals surface area (Å²) in [6, 6.07) is 26.3. The van der Waals surface area contributed by atoms with Gasteiger partial charge in [0.25, 0.3) is 0 Å². The molecule has 0 fully saturated rings. The van der Waals surface area contributed by atoms with Crippen LogP contribution in [-0.4, -0.2) is 0 Å². The zero-order valence-electron chi connectivity index (χ0n) is 13.4. The fourth-order valence-electron chi connectivity index (χ4n) is 3.44. The molecule has 0 unspecified atom stereocenters. The van der Waals surface area contributed by atoms with Gasteiger partial charge in [0.1, 0.15) is 0 Å². The molecule has 4 rings (SSSR count). The van der Waals surface area contributed by atoms with Crippen LogP contribution < -0.4 is 0 Å². The molecule has 0 atom stereocenters. The Labute approximate surface area is 138 Å². The van der Waals surface area contributed by atoms with E-state index in [-0.39, 0.29) is 0 Å². The predicted octanol–water partition coefficient (Wildman–Crippen LogP) is 5.90. The smallest absolute Gasteiger partial charge is 0.00258 e. The first-order valence-corrected chi connectivity index (χ1v) is 8.22. The van der Waals surface area contributed by atoms with Crippen LogP contribution in [0.15, 0.2) is 78.4 Å². The number of hydrogen-bond acceptors (Lipinski definition) is 0. The summed E-state index contributed by atoms with van der Waals surface area (Å²) in [4.78, 5) is 0. The zero-order chi connectivity index (χ0) is 15.6. The first-order chi connectivity index (χ1) is 11.3. The van der Waals surface area contributed by atoms with E-state index in [0.717, 1.165) is 12.8 Å². The molecule has 0 saturated heterocycles. The number of hydrogen-bond donors (Lipinski definition) is 0. The summed E-state index contributed by atoms with van der Waals surface area (Å²) in [6.07, 6.45) is 4.38. The van der Waals surface area contributed by atoms with Crippen molar-refractivity contribution in [2.75, 3.05) is 0 Å². The standard InChI is InChI=1S/C23H20/c1-17-14-21-8-5-9-22(23(21)15-17)20-12-10-19(11-13-20)16-18-6-3-2-4-7-18/h2-14H,15-16H2,1H3. The fourth-order valence-corrected chi connectivity index (χ4v) is 3.44. The van der Waals surface area contributed by atoms with Gasteiger partial charge in [-0.2, -0.15) is 0 Å². The van der Waals surface area contributed by atoms with Crippen molar-refractivity contribution >= 4 is 6.08 Å². The van der Waals surface area contributed by atoms with Gasteiger partial charge in [-0.25, -0.2) is 0 Å². The van der Waals surface area contributed by atoms with Gasteiger partial charge >= 0.3 is 0 Å². The molecule has 3 aromatic carbocycles. The third-order valence-electron chi connectivity index (χ3n) is 4.59. The van der Waals surface area contributed by atoms with Crippen LogP contribution in [0.25, 0.3) is 17.2 Å². The molecular weight excluding hydrogens is 276 g/mol. The lowest BCUT2D eigenvalue weighted by molar-refractivity contribution is 1.18. The maximum atomic E-state index is 2.31. The molecule has 3 aromatic rings. The van der Waals surface area contributed by atoms with E-state index in [1.54, 1.807) is 0 Å². The molecule has 1 aliphatic rings. The van der Waals surface area contributed by atoms with Crippen molar-refractivity contribution in [3.63, 3.8) is 0 Å². The van der Waals surface area contributed by atoms with Crippen molar-refractivity contribution in [3.05, 3.63) is 101 Å². The van der Waals surface area contributed by atoms with Crippen LogP contribution in [-0.2, 0) is 12.8 Å². The highest BCUT2D eigenvalue weighted by Gasteiger charge is 2.14. The third kappa shape index (κ3) is 2.85. The number of benzene rings is 3. The second-order valence-corrected chi connectivity index (χ2v) is 6.40. The fraction of sp³-hybridized carbons (Fsp3) is 0.130. The van der Waals surface area contributed by atoms with Crippen LogP contribution in [0.5, 0.6) is 0 Å². The highest BCUT2D eigenvalue weighted by Crippen LogP contribution is 2.33. The highest BCUT2D eigenvalue weighted by atomic mass is 14.2. The van der Waals surface area contributed by atoms with Crippen LogP contribution in [0.2, 0.25) is 0 Å². The Morgan fingerprint density at radius 3 is 2.26 bits per heavy atom. The minimum absolute atomic E-state index is 0.995. The molecule has 0 N–H and O–H groups in total. The second kappa shape index (κ2) is 5.89. The Hall–Kier alpha value is -2.60. The van der Waals surface area contributed by atoms with Gasteiger partial charge in [0.15, 0.2) is 0 Å². The van der Waals surface area contributed by atoms with E-state index in [0.29, 0.717) is 0 Å². The van der Waals surface area contributed by atoms with Crippen molar-refractivity contribution < 1.29 is 0 Å². The molecule has 23 heavy (non-hydrogen) atoms. The summed E-state index contributed by atoms with van der Waals surface area (Å²) < 4.78 is 0. The lowest BCUT2D eigenvalue weighted by Gasteiger charge is -2.10. The quantitative estimate of drug-likeness (QED) is 0.564. The van der Waals surface area contributed by atoms with Gasteiger partial charge < -0.3 is 0 Å². The second-order valence-electron chi connectivity index (χ2n) is 6.40. The molecule has 0 nitrogen and oxygen atoms in total. The minimum Gasteiger partial charge on any atom is -0.0683 e. The molecule has 0 bridgehead atoms. The van der Waals surface area contributed by atoms with Gasteiger partial charge in [0, 0.05) is 0 Å². The van der Waals surface area contributed by atoms with Gasteiger partial charge in [0.05, 0.1) is 0 Å². The molecule has 1 aliphatic carbocycles. The summed E-state index contributed by atoms with van der Waals surface area (Å²) in [5.74, 6) is 0. The van der Waals surface area contributed by atoms with E-state index in [1.807, 2.05) is 0 Å². The third-order valence-corrected chi connectivity index (χ3v) is 4.59. The topological polar surface area (TPSA) is 0 Å². The summed E-state index contributed by atoms with van der Waals surface area (Å²) in [5, 5.41) is 0. The molecular formula is C23H20. The Morgan fingerprint density at radius 2 is 1.48 bits per heavy atom. The van der Waals surface area contributed by atoms with E-state index >= 15 is 0 Å². The normalized spacial score (nSPS) is 12.8. The summed E-state index contributed by atoms with van der Waals surface area (Å²) in [7, 11) is 0. The van der Waals surface area contributed by atoms with Crippen LogP contribution in [0.1, 0.15) is 29.2 Å². The van der Waals surface area contributed by atoms with Crippen LogP contribution in [0.4, 0.5) is 0 Å². The van der Waals surface area contributed by atoms with Gasteiger partial charge in [-0.15, -0.1) is 0 Å². The number of fused-ring (bicyclic) bond motifs is 1. The highest BCUT2D eigenvalue weighted by molar-refractivity contribution is 5.77. The average molecular weight is 296 g/mol. The summed E-state index contributed by atoms with van der Waals surface area (Å²) >= 11 is 0. The Kier molecular flexibility index (Phi) is 3.59. The van der Waals surface area contributed by atoms with Crippen molar-refractivity contribution in [2.45, 2.75) is 19.8 Å². The van der Waals surface area contributed by atoms with Crippen molar-refractivity contribution in [2.24, 2.45) is 0 Å². The first-order valence-electron chi connectivity index (χ1n) is 8.22. The van der Waals surface area contributed by atoms with Crippen LogP contribution >= 0.6 is 0 Å². The molecule has 0 aromatic heterocycles. The Bertz CT molecular complexity index is 852. The SMILES string of the molecule is CC1=Cc2cccc(-c3ccc(Cc4ccccc4)cc3)c2C1. The lowest BCUT2D eigenvalue weighted by Crippen LogP contribution is -1.91. The molecule has 0 heteroatoms. The maximum Gasteiger partial charge on any atom is -0.00258 e. The van der Waals surface area contributed by atoms with Gasteiger partial charge in [-0.05, 0) is 53.1 Å². The molecule has 0 amide bonds. The lowest BCUT2D eigenvalue weighted by atomic mass is 9.94. The maximum absolute atomic E-state index is 2.31. The molecule has 112 valence electrons. The van der Waals surface area contributed by atoms with Crippen LogP contribution in [0, 0.1) is 0 Å². The van der Waals surface area contributed by atoms with Crippen molar-refractivity contribution in [1.82, 2.24) is 0 Å². The largest absolute Gasteiger partial charge is 0.0683 e. The monoisotopic (exact) mass is 296 g/mol. The molecule has 0 spiro atoms. The molecule has 0 radical (unpaired) electrons. The summed E-state index contributed by atoms with van der Waals surface area (Å²) in [6.45, 7) is 2.22. The summed E-state index contributed by atoms with van der Waals surface area (Å²) in [5.41, 5.74) is 9.73. The Balaban J connectivity index is 1.62. The zero-order valence-corrected chi connectivity index (χ0v) is 13.4. The average Bonchev–Trinajstić information content (AvgIpc) is 2.97. The van der Waals surface area contributed by atoms with E-state index in [2.05, 4.69) is 85.8 Å². The van der Waals surface area contributed by atoms with Crippen molar-refractivity contribution in [3.8, 4) is 11.1 Å². The minimum atomic E-state index is 0.995. The molecule has 0 heterocycles. The van der Waals surface area contributed by atoms with E-state index in [1.165, 1.54) is 39.0 Å². The van der Waals surface area contributed by atoms with E-state index in [4.69, 9.17) is 0 Å². The van der Waals surface area contributed by atoms with Gasteiger partial charge in [-0.1, -0.05) is 84.4 Å². The van der Waals surface area contributed by atoms with Gasteiger partial charge in [-0.3, -0.25) is 0 Å². The first kappa shape index (κ1) is 14.0. The van der Waals surface area contributed by atoms with Crippen molar-refractivity contribution in [1.29, 1.82) is 0 Å². The van der Waals surface area contributed by atoms with Gasteiger partial charge in [0.2, 0.25) is 0 Å². The van der Waals surface area contributed by atoms with E-state index in [9.17, 15) is 0 Å². The number of allylic oxidation sites excluding steroid dienone is 1. The van der Waals surface area contributed by atoms with E-state index < -0.39 is 0 Å². The Morgan fingerprint density at radius 1 is 0.739 bits per heavy atom. The predicted molar refractivity (Wildman–Crippen MR) is 98.5 cm³/mol. The molecule has 0 saturated carbocycles. The number of rotatable bonds is 3.